The molecular formula is C19H19ClN4O3. The topological polar surface area (TPSA) is 80.5 Å². The van der Waals surface area contributed by atoms with Gasteiger partial charge < -0.3 is 19.5 Å². The number of amides is 2. The lowest BCUT2D eigenvalue weighted by atomic mass is 10.2. The van der Waals surface area contributed by atoms with Gasteiger partial charge in [-0.05, 0) is 36.4 Å². The third-order valence-corrected chi connectivity index (χ3v) is 4.15. The number of hydrogen-bond donors (Lipinski definition) is 1. The van der Waals surface area contributed by atoms with E-state index in [4.69, 9.17) is 20.9 Å². The SMILES string of the molecule is COc1cccc(NC(=O)N(C)CCc2noc(-c3ccc(Cl)cc3)n2)c1. The Balaban J connectivity index is 1.54. The average molecular weight is 387 g/mol. The molecule has 0 spiro atoms. The van der Waals surface area contributed by atoms with Crippen molar-refractivity contribution in [2.75, 3.05) is 26.0 Å². The molecule has 0 fully saturated rings. The third kappa shape index (κ3) is 4.98. The summed E-state index contributed by atoms with van der Waals surface area (Å²) < 4.78 is 10.4. The quantitative estimate of drug-likeness (QED) is 0.689. The Morgan fingerprint density at radius 1 is 1.26 bits per heavy atom. The Hall–Kier alpha value is -3.06. The van der Waals surface area contributed by atoms with Gasteiger partial charge in [0.25, 0.3) is 5.89 Å². The maximum Gasteiger partial charge on any atom is 0.321 e. The molecule has 1 aromatic heterocycles. The Labute approximate surface area is 161 Å². The molecule has 0 aliphatic rings. The van der Waals surface area contributed by atoms with Crippen molar-refractivity contribution in [1.82, 2.24) is 15.0 Å². The summed E-state index contributed by atoms with van der Waals surface area (Å²) in [5.41, 5.74) is 1.46. The first-order valence-corrected chi connectivity index (χ1v) is 8.67. The van der Waals surface area contributed by atoms with E-state index in [2.05, 4.69) is 15.5 Å². The van der Waals surface area contributed by atoms with Gasteiger partial charge in [0.2, 0.25) is 0 Å². The number of ether oxygens (including phenoxy) is 1. The van der Waals surface area contributed by atoms with Gasteiger partial charge in [0.05, 0.1) is 7.11 Å². The van der Waals surface area contributed by atoms with Crippen LogP contribution >= 0.6 is 11.6 Å². The number of nitrogens with zero attached hydrogens (tertiary/aromatic N) is 3. The van der Waals surface area contributed by atoms with Gasteiger partial charge in [-0.15, -0.1) is 0 Å². The van der Waals surface area contributed by atoms with E-state index in [0.717, 1.165) is 5.56 Å². The van der Waals surface area contributed by atoms with Crippen molar-refractivity contribution in [1.29, 1.82) is 0 Å². The van der Waals surface area contributed by atoms with Crippen LogP contribution in [0.5, 0.6) is 5.75 Å². The second-order valence-electron chi connectivity index (χ2n) is 5.86. The van der Waals surface area contributed by atoms with Gasteiger partial charge in [-0.1, -0.05) is 22.8 Å². The number of anilines is 1. The smallest absolute Gasteiger partial charge is 0.321 e. The van der Waals surface area contributed by atoms with Crippen LogP contribution in [0.3, 0.4) is 0 Å². The Morgan fingerprint density at radius 2 is 2.04 bits per heavy atom. The summed E-state index contributed by atoms with van der Waals surface area (Å²) in [6.45, 7) is 0.440. The highest BCUT2D eigenvalue weighted by molar-refractivity contribution is 6.30. The van der Waals surface area contributed by atoms with Gasteiger partial charge in [-0.25, -0.2) is 4.79 Å². The van der Waals surface area contributed by atoms with Crippen LogP contribution in [-0.4, -0.2) is 41.8 Å². The zero-order valence-electron chi connectivity index (χ0n) is 15.0. The Kier molecular flexibility index (Phi) is 5.93. The van der Waals surface area contributed by atoms with Crippen molar-refractivity contribution in [3.63, 3.8) is 0 Å². The molecule has 1 N–H and O–H groups in total. The van der Waals surface area contributed by atoms with Gasteiger partial charge >= 0.3 is 6.03 Å². The highest BCUT2D eigenvalue weighted by Gasteiger charge is 2.13. The lowest BCUT2D eigenvalue weighted by molar-refractivity contribution is 0.222. The van der Waals surface area contributed by atoms with E-state index in [0.29, 0.717) is 41.1 Å². The molecule has 0 saturated carbocycles. The summed E-state index contributed by atoms with van der Waals surface area (Å²) in [6.07, 6.45) is 0.471. The first kappa shape index (κ1) is 18.7. The van der Waals surface area contributed by atoms with Crippen LogP contribution < -0.4 is 10.1 Å². The average Bonchev–Trinajstić information content (AvgIpc) is 3.15. The fourth-order valence-electron chi connectivity index (χ4n) is 2.35. The highest BCUT2D eigenvalue weighted by atomic mass is 35.5. The van der Waals surface area contributed by atoms with E-state index in [-0.39, 0.29) is 6.03 Å². The van der Waals surface area contributed by atoms with Crippen LogP contribution in [0, 0.1) is 0 Å². The maximum absolute atomic E-state index is 12.3. The van der Waals surface area contributed by atoms with Gasteiger partial charge in [0.1, 0.15) is 5.75 Å². The van der Waals surface area contributed by atoms with Crippen LogP contribution in [0.1, 0.15) is 5.82 Å². The Morgan fingerprint density at radius 3 is 2.78 bits per heavy atom. The predicted octanol–water partition coefficient (Wildman–Crippen LogP) is 4.11. The van der Waals surface area contributed by atoms with Crippen LogP contribution in [0.25, 0.3) is 11.5 Å². The molecule has 8 heteroatoms. The number of methoxy groups -OCH3 is 1. The van der Waals surface area contributed by atoms with E-state index in [1.165, 1.54) is 0 Å². The number of carbonyl (C=O) groups is 1. The number of aromatic nitrogens is 2. The fraction of sp³-hybridized carbons (Fsp3) is 0.211. The number of halogens is 1. The minimum Gasteiger partial charge on any atom is -0.497 e. The summed E-state index contributed by atoms with van der Waals surface area (Å²) in [7, 11) is 3.28. The first-order valence-electron chi connectivity index (χ1n) is 8.30. The van der Waals surface area contributed by atoms with Crippen LogP contribution in [-0.2, 0) is 6.42 Å². The minimum absolute atomic E-state index is 0.232. The number of urea groups is 1. The largest absolute Gasteiger partial charge is 0.497 e. The number of hydrogen-bond acceptors (Lipinski definition) is 5. The molecule has 0 atom stereocenters. The van der Waals surface area contributed by atoms with Gasteiger partial charge in [-0.2, -0.15) is 4.98 Å². The lowest BCUT2D eigenvalue weighted by Gasteiger charge is -2.17. The summed E-state index contributed by atoms with van der Waals surface area (Å²) in [5.74, 6) is 1.63. The molecule has 2 aromatic carbocycles. The molecule has 2 amide bonds. The van der Waals surface area contributed by atoms with Crippen molar-refractivity contribution >= 4 is 23.3 Å². The van der Waals surface area contributed by atoms with E-state index in [9.17, 15) is 4.79 Å². The molecule has 140 valence electrons. The maximum atomic E-state index is 12.3. The molecule has 27 heavy (non-hydrogen) atoms. The second kappa shape index (κ2) is 8.55. The normalized spacial score (nSPS) is 10.5. The number of likely N-dealkylation sites (N-methyl/N-ethyl adjacent to an activating group) is 1. The number of rotatable bonds is 6. The molecule has 0 aliphatic carbocycles. The molecule has 3 rings (SSSR count). The highest BCUT2D eigenvalue weighted by Crippen LogP contribution is 2.20. The summed E-state index contributed by atoms with van der Waals surface area (Å²) in [4.78, 5) is 18.2. The molecule has 0 saturated heterocycles. The van der Waals surface area contributed by atoms with Crippen LogP contribution in [0.4, 0.5) is 10.5 Å². The van der Waals surface area contributed by atoms with Crippen LogP contribution in [0.2, 0.25) is 5.02 Å². The van der Waals surface area contributed by atoms with Crippen molar-refractivity contribution < 1.29 is 14.1 Å². The van der Waals surface area contributed by atoms with E-state index in [1.807, 2.05) is 24.3 Å². The Bertz CT molecular complexity index is 911. The number of carbonyl (C=O) groups excluding carboxylic acids is 1. The van der Waals surface area contributed by atoms with E-state index in [1.54, 1.807) is 43.3 Å². The fourth-order valence-corrected chi connectivity index (χ4v) is 2.48. The molecule has 0 bridgehead atoms. The molecular weight excluding hydrogens is 368 g/mol. The van der Waals surface area contributed by atoms with Crippen LogP contribution in [0.15, 0.2) is 53.1 Å². The molecule has 0 radical (unpaired) electrons. The molecule has 1 heterocycles. The van der Waals surface area contributed by atoms with Crippen molar-refractivity contribution in [3.05, 3.63) is 59.4 Å². The standard InChI is InChI=1S/C19H19ClN4O3/c1-24(19(25)21-15-4-3-5-16(12-15)26-2)11-10-17-22-18(27-23-17)13-6-8-14(20)9-7-13/h3-9,12H,10-11H2,1-2H3,(H,21,25). The van der Waals surface area contributed by atoms with Gasteiger partial charge in [0, 0.05) is 42.4 Å². The zero-order valence-corrected chi connectivity index (χ0v) is 15.7. The molecule has 3 aromatic rings. The zero-order chi connectivity index (χ0) is 19.2. The lowest BCUT2D eigenvalue weighted by Crippen LogP contribution is -2.33. The van der Waals surface area contributed by atoms with E-state index >= 15 is 0 Å². The van der Waals surface area contributed by atoms with Gasteiger partial charge in [-0.3, -0.25) is 0 Å². The van der Waals surface area contributed by atoms with Crippen molar-refractivity contribution in [2.24, 2.45) is 0 Å². The van der Waals surface area contributed by atoms with Crippen molar-refractivity contribution in [2.45, 2.75) is 6.42 Å². The minimum atomic E-state index is -0.232. The summed E-state index contributed by atoms with van der Waals surface area (Å²) in [5, 5.41) is 7.42. The summed E-state index contributed by atoms with van der Waals surface area (Å²) >= 11 is 5.88. The second-order valence-corrected chi connectivity index (χ2v) is 6.29. The first-order chi connectivity index (χ1) is 13.0. The van der Waals surface area contributed by atoms with Crippen molar-refractivity contribution in [3.8, 4) is 17.2 Å². The van der Waals surface area contributed by atoms with E-state index < -0.39 is 0 Å². The monoisotopic (exact) mass is 386 g/mol. The number of nitrogens with one attached hydrogen (secondary N) is 1. The molecule has 0 unspecified atom stereocenters. The molecule has 0 aliphatic heterocycles. The third-order valence-electron chi connectivity index (χ3n) is 3.90. The van der Waals surface area contributed by atoms with Gasteiger partial charge in [0.15, 0.2) is 5.82 Å². The predicted molar refractivity (Wildman–Crippen MR) is 103 cm³/mol. The number of benzene rings is 2. The summed E-state index contributed by atoms with van der Waals surface area (Å²) in [6, 6.07) is 14.1. The molecule has 7 nitrogen and oxygen atoms in total.